The van der Waals surface area contributed by atoms with Crippen molar-refractivity contribution in [2.24, 2.45) is 0 Å². The minimum atomic E-state index is -1.15. The first kappa shape index (κ1) is 11.4. The van der Waals surface area contributed by atoms with Gasteiger partial charge in [-0.25, -0.2) is 4.39 Å². The number of ketones is 1. The molecule has 0 N–H and O–H groups in total. The van der Waals surface area contributed by atoms with Gasteiger partial charge in [0, 0.05) is 12.5 Å². The SMILES string of the molecule is CC(=O)O[C@@H](C(C)=O)c1ccccc1F. The highest BCUT2D eigenvalue weighted by Gasteiger charge is 2.22. The number of hydrogen-bond acceptors (Lipinski definition) is 3. The maximum absolute atomic E-state index is 13.3. The Labute approximate surface area is 86.9 Å². The Bertz CT molecular complexity index is 387. The zero-order valence-corrected chi connectivity index (χ0v) is 8.49. The molecule has 1 rings (SSSR count). The van der Waals surface area contributed by atoms with Crippen LogP contribution in [0.3, 0.4) is 0 Å². The first-order valence-corrected chi connectivity index (χ1v) is 4.44. The van der Waals surface area contributed by atoms with Gasteiger partial charge < -0.3 is 4.74 Å². The van der Waals surface area contributed by atoms with E-state index in [-0.39, 0.29) is 5.56 Å². The topological polar surface area (TPSA) is 43.4 Å². The molecule has 4 heteroatoms. The van der Waals surface area contributed by atoms with Crippen LogP contribution in [0.4, 0.5) is 4.39 Å². The van der Waals surface area contributed by atoms with Crippen LogP contribution in [0.5, 0.6) is 0 Å². The number of benzene rings is 1. The number of rotatable bonds is 3. The lowest BCUT2D eigenvalue weighted by atomic mass is 10.1. The van der Waals surface area contributed by atoms with Gasteiger partial charge in [0.25, 0.3) is 0 Å². The fourth-order valence-corrected chi connectivity index (χ4v) is 1.22. The van der Waals surface area contributed by atoms with E-state index in [4.69, 9.17) is 4.74 Å². The molecular formula is C11H11FO3. The van der Waals surface area contributed by atoms with E-state index in [0.29, 0.717) is 0 Å². The Morgan fingerprint density at radius 3 is 2.33 bits per heavy atom. The van der Waals surface area contributed by atoms with E-state index in [2.05, 4.69) is 0 Å². The number of Topliss-reactive ketones (excluding diaryl/α,β-unsaturated/α-hetero) is 1. The Morgan fingerprint density at radius 1 is 1.27 bits per heavy atom. The van der Waals surface area contributed by atoms with Crippen molar-refractivity contribution in [2.45, 2.75) is 20.0 Å². The van der Waals surface area contributed by atoms with E-state index in [1.54, 1.807) is 6.07 Å². The summed E-state index contributed by atoms with van der Waals surface area (Å²) in [6, 6.07) is 5.72. The monoisotopic (exact) mass is 210 g/mol. The van der Waals surface area contributed by atoms with Gasteiger partial charge in [-0.1, -0.05) is 18.2 Å². The fraction of sp³-hybridized carbons (Fsp3) is 0.273. The fourth-order valence-electron chi connectivity index (χ4n) is 1.22. The van der Waals surface area contributed by atoms with Crippen molar-refractivity contribution >= 4 is 11.8 Å². The molecule has 0 unspecified atom stereocenters. The third-order valence-electron chi connectivity index (χ3n) is 1.84. The highest BCUT2D eigenvalue weighted by atomic mass is 19.1. The zero-order chi connectivity index (χ0) is 11.4. The number of hydrogen-bond donors (Lipinski definition) is 0. The Hall–Kier alpha value is -1.71. The van der Waals surface area contributed by atoms with Gasteiger partial charge in [-0.3, -0.25) is 9.59 Å². The van der Waals surface area contributed by atoms with Gasteiger partial charge in [0.15, 0.2) is 11.9 Å². The van der Waals surface area contributed by atoms with Gasteiger partial charge in [0.1, 0.15) is 5.82 Å². The average Bonchev–Trinajstić information content (AvgIpc) is 2.15. The largest absolute Gasteiger partial charge is 0.449 e. The summed E-state index contributed by atoms with van der Waals surface area (Å²) >= 11 is 0. The van der Waals surface area contributed by atoms with Crippen LogP contribution >= 0.6 is 0 Å². The van der Waals surface area contributed by atoms with Crippen molar-refractivity contribution < 1.29 is 18.7 Å². The Morgan fingerprint density at radius 2 is 1.87 bits per heavy atom. The summed E-state index contributed by atoms with van der Waals surface area (Å²) in [6.45, 7) is 2.43. The third kappa shape index (κ3) is 2.87. The molecule has 0 saturated carbocycles. The average molecular weight is 210 g/mol. The minimum absolute atomic E-state index is 0.0835. The van der Waals surface area contributed by atoms with Crippen LogP contribution in [-0.2, 0) is 14.3 Å². The second kappa shape index (κ2) is 4.68. The van der Waals surface area contributed by atoms with Crippen molar-refractivity contribution in [3.8, 4) is 0 Å². The van der Waals surface area contributed by atoms with E-state index in [1.165, 1.54) is 32.0 Å². The van der Waals surface area contributed by atoms with E-state index in [0.717, 1.165) is 0 Å². The van der Waals surface area contributed by atoms with Crippen LogP contribution in [0.1, 0.15) is 25.5 Å². The molecule has 0 heterocycles. The van der Waals surface area contributed by atoms with E-state index >= 15 is 0 Å². The van der Waals surface area contributed by atoms with E-state index in [9.17, 15) is 14.0 Å². The first-order chi connectivity index (χ1) is 7.02. The summed E-state index contributed by atoms with van der Waals surface area (Å²) in [5.41, 5.74) is 0.0835. The van der Waals surface area contributed by atoms with Gasteiger partial charge >= 0.3 is 5.97 Å². The van der Waals surface area contributed by atoms with Gasteiger partial charge in [0.05, 0.1) is 0 Å². The number of esters is 1. The number of halogens is 1. The number of ether oxygens (including phenoxy) is 1. The van der Waals surface area contributed by atoms with Gasteiger partial charge in [-0.2, -0.15) is 0 Å². The van der Waals surface area contributed by atoms with Crippen LogP contribution in [0.15, 0.2) is 24.3 Å². The molecule has 0 spiro atoms. The number of carbonyl (C=O) groups excluding carboxylic acids is 2. The molecule has 0 bridgehead atoms. The predicted molar refractivity (Wildman–Crippen MR) is 51.6 cm³/mol. The van der Waals surface area contributed by atoms with Crippen LogP contribution < -0.4 is 0 Å². The molecule has 0 aliphatic heterocycles. The molecule has 1 aromatic rings. The number of carbonyl (C=O) groups is 2. The molecule has 0 amide bonds. The summed E-state index contributed by atoms with van der Waals surface area (Å²) in [7, 11) is 0. The summed E-state index contributed by atoms with van der Waals surface area (Å²) < 4.78 is 18.1. The second-order valence-electron chi connectivity index (χ2n) is 3.12. The van der Waals surface area contributed by atoms with E-state index < -0.39 is 23.7 Å². The smallest absolute Gasteiger partial charge is 0.303 e. The highest BCUT2D eigenvalue weighted by Crippen LogP contribution is 2.21. The molecular weight excluding hydrogens is 199 g/mol. The summed E-state index contributed by atoms with van der Waals surface area (Å²) in [4.78, 5) is 21.9. The molecule has 1 atom stereocenters. The standard InChI is InChI=1S/C11H11FO3/c1-7(13)11(15-8(2)14)9-5-3-4-6-10(9)12/h3-6,11H,1-2H3/t11-/m0/s1. The molecule has 1 aromatic carbocycles. The normalized spacial score (nSPS) is 11.9. The molecule has 80 valence electrons. The van der Waals surface area contributed by atoms with Crippen LogP contribution in [0.25, 0.3) is 0 Å². The molecule has 0 aliphatic rings. The summed E-state index contributed by atoms with van der Waals surface area (Å²) in [5, 5.41) is 0. The maximum atomic E-state index is 13.3. The Kier molecular flexibility index (Phi) is 3.55. The zero-order valence-electron chi connectivity index (χ0n) is 8.49. The minimum Gasteiger partial charge on any atom is -0.449 e. The maximum Gasteiger partial charge on any atom is 0.303 e. The lowest BCUT2D eigenvalue weighted by Gasteiger charge is -2.14. The van der Waals surface area contributed by atoms with Crippen molar-refractivity contribution in [1.29, 1.82) is 0 Å². The van der Waals surface area contributed by atoms with Crippen LogP contribution in [-0.4, -0.2) is 11.8 Å². The summed E-state index contributed by atoms with van der Waals surface area (Å²) in [5.74, 6) is -1.58. The van der Waals surface area contributed by atoms with Crippen molar-refractivity contribution in [3.63, 3.8) is 0 Å². The quantitative estimate of drug-likeness (QED) is 0.717. The van der Waals surface area contributed by atoms with E-state index in [1.807, 2.05) is 0 Å². The van der Waals surface area contributed by atoms with Crippen LogP contribution in [0, 0.1) is 5.82 Å². The molecule has 0 saturated heterocycles. The predicted octanol–water partition coefficient (Wildman–Crippen LogP) is 2.02. The van der Waals surface area contributed by atoms with Gasteiger partial charge in [-0.15, -0.1) is 0 Å². The molecule has 0 aliphatic carbocycles. The Balaban J connectivity index is 3.04. The second-order valence-corrected chi connectivity index (χ2v) is 3.12. The van der Waals surface area contributed by atoms with Crippen molar-refractivity contribution in [2.75, 3.05) is 0 Å². The third-order valence-corrected chi connectivity index (χ3v) is 1.84. The van der Waals surface area contributed by atoms with Crippen LogP contribution in [0.2, 0.25) is 0 Å². The lowest BCUT2D eigenvalue weighted by Crippen LogP contribution is -2.17. The van der Waals surface area contributed by atoms with Gasteiger partial charge in [-0.05, 0) is 13.0 Å². The molecule has 0 aromatic heterocycles. The molecule has 0 fully saturated rings. The molecule has 3 nitrogen and oxygen atoms in total. The molecule has 15 heavy (non-hydrogen) atoms. The highest BCUT2D eigenvalue weighted by molar-refractivity contribution is 5.84. The van der Waals surface area contributed by atoms with Crippen molar-refractivity contribution in [3.05, 3.63) is 35.6 Å². The van der Waals surface area contributed by atoms with Gasteiger partial charge in [0.2, 0.25) is 0 Å². The first-order valence-electron chi connectivity index (χ1n) is 4.44. The molecule has 0 radical (unpaired) electrons. The summed E-state index contributed by atoms with van der Waals surface area (Å²) in [6.07, 6.45) is -1.15. The lowest BCUT2D eigenvalue weighted by molar-refractivity contribution is -0.152. The van der Waals surface area contributed by atoms with Crippen molar-refractivity contribution in [1.82, 2.24) is 0 Å².